The molecule has 2 aliphatic heterocycles. The number of aromatic nitrogens is 2. The normalized spacial score (nSPS) is 19.4. The van der Waals surface area contributed by atoms with Gasteiger partial charge in [-0.1, -0.05) is 36.8 Å². The summed E-state index contributed by atoms with van der Waals surface area (Å²) in [5, 5.41) is 3.40. The van der Waals surface area contributed by atoms with E-state index in [-0.39, 0.29) is 5.69 Å². The summed E-state index contributed by atoms with van der Waals surface area (Å²) in [6.45, 7) is 6.33. The molecule has 0 bridgehead atoms. The summed E-state index contributed by atoms with van der Waals surface area (Å²) in [6, 6.07) is 10.7. The van der Waals surface area contributed by atoms with Crippen molar-refractivity contribution in [3.05, 3.63) is 47.0 Å². The molecule has 1 N–H and O–H groups in total. The number of rotatable bonds is 6. The molecule has 0 spiro atoms. The van der Waals surface area contributed by atoms with Gasteiger partial charge in [-0.15, -0.1) is 0 Å². The second kappa shape index (κ2) is 8.89. The Hall–Kier alpha value is -1.85. The molecule has 0 unspecified atom stereocenters. The number of nitrogens with zero attached hydrogens (tertiary/aromatic N) is 3. The quantitative estimate of drug-likeness (QED) is 0.852. The van der Waals surface area contributed by atoms with Gasteiger partial charge in [0.25, 0.3) is 0 Å². The number of hydrogen-bond donors (Lipinski definition) is 1. The zero-order chi connectivity index (χ0) is 18.5. The fourth-order valence-corrected chi connectivity index (χ4v) is 4.54. The van der Waals surface area contributed by atoms with Gasteiger partial charge in [0, 0.05) is 18.8 Å². The number of nitrogens with one attached hydrogen (secondary N) is 1. The monoisotopic (exact) mass is 368 g/mol. The van der Waals surface area contributed by atoms with Crippen LogP contribution >= 0.6 is 0 Å². The molecule has 4 rings (SSSR count). The highest BCUT2D eigenvalue weighted by Gasteiger charge is 2.21. The van der Waals surface area contributed by atoms with Crippen LogP contribution in [0.4, 0.5) is 0 Å². The van der Waals surface area contributed by atoms with Crippen molar-refractivity contribution in [3.8, 4) is 11.3 Å². The molecule has 3 heterocycles. The average Bonchev–Trinajstić information content (AvgIpc) is 3.07. The van der Waals surface area contributed by atoms with Crippen molar-refractivity contribution < 1.29 is 0 Å². The molecule has 2 aliphatic rings. The summed E-state index contributed by atoms with van der Waals surface area (Å²) < 4.78 is 4.02. The third-order valence-corrected chi connectivity index (χ3v) is 6.08. The number of likely N-dealkylation sites (tertiary alicyclic amines) is 1. The fourth-order valence-electron chi connectivity index (χ4n) is 4.54. The highest BCUT2D eigenvalue weighted by molar-refractivity contribution is 5.58. The van der Waals surface area contributed by atoms with Crippen LogP contribution in [0.3, 0.4) is 0 Å². The smallest absolute Gasteiger partial charge is 0.317 e. The first-order valence-corrected chi connectivity index (χ1v) is 10.6. The van der Waals surface area contributed by atoms with Crippen molar-refractivity contribution >= 4 is 0 Å². The Balaban J connectivity index is 1.55. The Kier molecular flexibility index (Phi) is 6.10. The second-order valence-electron chi connectivity index (χ2n) is 7.96. The van der Waals surface area contributed by atoms with Crippen LogP contribution in [0.2, 0.25) is 0 Å². The third kappa shape index (κ3) is 4.36. The predicted molar refractivity (Wildman–Crippen MR) is 110 cm³/mol. The summed E-state index contributed by atoms with van der Waals surface area (Å²) >= 11 is 0. The molecular formula is C22H32N4O. The van der Waals surface area contributed by atoms with E-state index in [9.17, 15) is 4.79 Å². The van der Waals surface area contributed by atoms with E-state index >= 15 is 0 Å². The van der Waals surface area contributed by atoms with Gasteiger partial charge in [-0.2, -0.15) is 0 Å². The molecule has 5 heteroatoms. The van der Waals surface area contributed by atoms with Gasteiger partial charge in [-0.25, -0.2) is 4.79 Å². The van der Waals surface area contributed by atoms with Gasteiger partial charge in [-0.3, -0.25) is 9.13 Å². The maximum Gasteiger partial charge on any atom is 0.328 e. The minimum absolute atomic E-state index is 0.166. The van der Waals surface area contributed by atoms with Crippen molar-refractivity contribution in [2.24, 2.45) is 0 Å². The highest BCUT2D eigenvalue weighted by Crippen LogP contribution is 2.23. The van der Waals surface area contributed by atoms with Crippen molar-refractivity contribution in [1.29, 1.82) is 0 Å². The SMILES string of the molecule is O=c1n(C2CCNCC2)cc(-c2ccccc2)n1CCCN1CCCCC1. The molecule has 27 heavy (non-hydrogen) atoms. The van der Waals surface area contributed by atoms with E-state index in [1.807, 2.05) is 15.2 Å². The molecule has 0 atom stereocenters. The Labute approximate surface area is 162 Å². The van der Waals surface area contributed by atoms with Gasteiger partial charge in [0.05, 0.1) is 5.69 Å². The number of benzene rings is 1. The lowest BCUT2D eigenvalue weighted by molar-refractivity contribution is 0.222. The van der Waals surface area contributed by atoms with Crippen LogP contribution in [0.25, 0.3) is 11.3 Å². The first-order chi connectivity index (χ1) is 13.3. The van der Waals surface area contributed by atoms with Gasteiger partial charge in [0.2, 0.25) is 0 Å². The van der Waals surface area contributed by atoms with Gasteiger partial charge in [-0.05, 0) is 70.4 Å². The van der Waals surface area contributed by atoms with Crippen molar-refractivity contribution in [2.75, 3.05) is 32.7 Å². The van der Waals surface area contributed by atoms with E-state index in [0.717, 1.165) is 56.7 Å². The van der Waals surface area contributed by atoms with Crippen LogP contribution < -0.4 is 11.0 Å². The molecule has 1 aromatic heterocycles. The van der Waals surface area contributed by atoms with Crippen LogP contribution in [0, 0.1) is 0 Å². The second-order valence-corrected chi connectivity index (χ2v) is 7.96. The van der Waals surface area contributed by atoms with Crippen molar-refractivity contribution in [2.45, 2.75) is 51.1 Å². The number of hydrogen-bond acceptors (Lipinski definition) is 3. The Morgan fingerprint density at radius 2 is 1.70 bits per heavy atom. The molecule has 1 aromatic carbocycles. The zero-order valence-electron chi connectivity index (χ0n) is 16.3. The van der Waals surface area contributed by atoms with Gasteiger partial charge < -0.3 is 10.2 Å². The molecule has 146 valence electrons. The van der Waals surface area contributed by atoms with Crippen molar-refractivity contribution in [1.82, 2.24) is 19.4 Å². The lowest BCUT2D eigenvalue weighted by atomic mass is 10.1. The summed E-state index contributed by atoms with van der Waals surface area (Å²) in [5.41, 5.74) is 2.37. The van der Waals surface area contributed by atoms with E-state index in [4.69, 9.17) is 0 Å². The molecule has 2 fully saturated rings. The summed E-state index contributed by atoms with van der Waals surface area (Å²) in [7, 11) is 0. The molecule has 0 aliphatic carbocycles. The van der Waals surface area contributed by atoms with Gasteiger partial charge in [0.15, 0.2) is 0 Å². The molecule has 2 aromatic rings. The van der Waals surface area contributed by atoms with E-state index in [1.165, 1.54) is 32.4 Å². The first kappa shape index (κ1) is 18.5. The first-order valence-electron chi connectivity index (χ1n) is 10.6. The zero-order valence-corrected chi connectivity index (χ0v) is 16.3. The van der Waals surface area contributed by atoms with E-state index in [2.05, 4.69) is 40.7 Å². The Morgan fingerprint density at radius 3 is 2.44 bits per heavy atom. The summed E-state index contributed by atoms with van der Waals surface area (Å²) in [6.07, 6.45) is 9.22. The van der Waals surface area contributed by atoms with Gasteiger partial charge in [0.1, 0.15) is 0 Å². The summed E-state index contributed by atoms with van der Waals surface area (Å²) in [5.74, 6) is 0. The molecule has 0 radical (unpaired) electrons. The maximum atomic E-state index is 13.2. The largest absolute Gasteiger partial charge is 0.328 e. The van der Waals surface area contributed by atoms with Gasteiger partial charge >= 0.3 is 5.69 Å². The van der Waals surface area contributed by atoms with Crippen LogP contribution in [-0.4, -0.2) is 46.8 Å². The lowest BCUT2D eigenvalue weighted by Gasteiger charge is -2.26. The van der Waals surface area contributed by atoms with Crippen LogP contribution in [0.1, 0.15) is 44.6 Å². The van der Waals surface area contributed by atoms with Crippen molar-refractivity contribution in [3.63, 3.8) is 0 Å². The van der Waals surface area contributed by atoms with Crippen LogP contribution in [0.5, 0.6) is 0 Å². The van der Waals surface area contributed by atoms with E-state index in [0.29, 0.717) is 6.04 Å². The third-order valence-electron chi connectivity index (χ3n) is 6.08. The maximum absolute atomic E-state index is 13.2. The molecule has 0 amide bonds. The number of piperidine rings is 2. The van der Waals surface area contributed by atoms with E-state index < -0.39 is 0 Å². The highest BCUT2D eigenvalue weighted by atomic mass is 16.1. The van der Waals surface area contributed by atoms with Crippen LogP contribution in [-0.2, 0) is 6.54 Å². The molecular weight excluding hydrogens is 336 g/mol. The Bertz CT molecular complexity index is 767. The fraction of sp³-hybridized carbons (Fsp3) is 0.591. The lowest BCUT2D eigenvalue weighted by Crippen LogP contribution is -2.35. The molecule has 5 nitrogen and oxygen atoms in total. The standard InChI is InChI=1S/C22H32N4O/c27-22-25(17-7-16-24-14-5-2-6-15-24)21(19-8-3-1-4-9-19)18-26(22)20-10-12-23-13-11-20/h1,3-4,8-9,18,20,23H,2,5-7,10-17H2. The van der Waals surface area contributed by atoms with E-state index in [1.54, 1.807) is 0 Å². The molecule has 2 saturated heterocycles. The number of imidazole rings is 1. The summed E-state index contributed by atoms with van der Waals surface area (Å²) in [4.78, 5) is 15.8. The minimum Gasteiger partial charge on any atom is -0.317 e. The minimum atomic E-state index is 0.166. The molecule has 0 saturated carbocycles. The van der Waals surface area contributed by atoms with Crippen LogP contribution in [0.15, 0.2) is 41.3 Å². The average molecular weight is 369 g/mol. The Morgan fingerprint density at radius 1 is 0.963 bits per heavy atom. The predicted octanol–water partition coefficient (Wildman–Crippen LogP) is 3.12. The topological polar surface area (TPSA) is 42.2 Å².